The van der Waals surface area contributed by atoms with E-state index in [1.165, 1.54) is 50.7 Å². The van der Waals surface area contributed by atoms with Crippen LogP contribution in [0.5, 0.6) is 11.5 Å². The van der Waals surface area contributed by atoms with E-state index in [2.05, 4.69) is 21.2 Å². The van der Waals surface area contributed by atoms with E-state index < -0.39 is 0 Å². The Balaban J connectivity index is 1.37. The Morgan fingerprint density at radius 2 is 1.77 bits per heavy atom. The van der Waals surface area contributed by atoms with Crippen LogP contribution in [0.1, 0.15) is 49.7 Å². The third kappa shape index (κ3) is 4.34. The summed E-state index contributed by atoms with van der Waals surface area (Å²) >= 11 is 9.93. The summed E-state index contributed by atoms with van der Waals surface area (Å²) < 4.78 is 26.2. The van der Waals surface area contributed by atoms with Gasteiger partial charge in [0.15, 0.2) is 11.5 Å². The van der Waals surface area contributed by atoms with Crippen molar-refractivity contribution in [2.45, 2.75) is 57.2 Å². The van der Waals surface area contributed by atoms with Crippen molar-refractivity contribution in [1.29, 1.82) is 0 Å². The molecule has 3 nitrogen and oxygen atoms in total. The highest BCUT2D eigenvalue weighted by Gasteiger charge is 2.50. The Bertz CT molecular complexity index is 947. The van der Waals surface area contributed by atoms with Gasteiger partial charge in [-0.2, -0.15) is 0 Å². The Hall–Kier alpha value is -1.30. The largest absolute Gasteiger partial charge is 0.493 e. The molecule has 0 amide bonds. The molecule has 6 rings (SSSR count). The Morgan fingerprint density at radius 3 is 2.39 bits per heavy atom. The molecule has 0 radical (unpaired) electrons. The topological polar surface area (TPSA) is 30.5 Å². The van der Waals surface area contributed by atoms with Crippen LogP contribution in [0.3, 0.4) is 0 Å². The predicted molar refractivity (Wildman–Crippen MR) is 124 cm³/mol. The average molecular weight is 509 g/mol. The second kappa shape index (κ2) is 8.57. The summed E-state index contributed by atoms with van der Waals surface area (Å²) in [7, 11) is 1.65. The fourth-order valence-corrected chi connectivity index (χ4v) is 7.13. The summed E-state index contributed by atoms with van der Waals surface area (Å²) in [5, 5.41) is 4.32. The van der Waals surface area contributed by atoms with E-state index in [1.807, 2.05) is 12.1 Å². The number of nitrogens with one attached hydrogen (secondary N) is 1. The van der Waals surface area contributed by atoms with Crippen molar-refractivity contribution in [2.75, 3.05) is 7.11 Å². The molecule has 0 atom stereocenters. The van der Waals surface area contributed by atoms with Crippen LogP contribution < -0.4 is 14.8 Å². The summed E-state index contributed by atoms with van der Waals surface area (Å²) in [4.78, 5) is 0. The third-order valence-electron chi connectivity index (χ3n) is 7.45. The number of hydrogen-bond donors (Lipinski definition) is 1. The van der Waals surface area contributed by atoms with Crippen LogP contribution in [0.2, 0.25) is 5.02 Å². The Morgan fingerprint density at radius 1 is 1.10 bits per heavy atom. The molecule has 4 aliphatic carbocycles. The van der Waals surface area contributed by atoms with E-state index in [-0.39, 0.29) is 18.0 Å². The van der Waals surface area contributed by atoms with Gasteiger partial charge in [-0.25, -0.2) is 4.39 Å². The van der Waals surface area contributed by atoms with Gasteiger partial charge in [0.1, 0.15) is 12.4 Å². The molecule has 0 heterocycles. The minimum atomic E-state index is -0.353. The van der Waals surface area contributed by atoms with Crippen molar-refractivity contribution in [3.05, 3.63) is 56.8 Å². The van der Waals surface area contributed by atoms with Crippen LogP contribution >= 0.6 is 27.5 Å². The molecule has 4 bridgehead atoms. The molecule has 0 aromatic heterocycles. The van der Waals surface area contributed by atoms with Crippen LogP contribution in [0.25, 0.3) is 0 Å². The van der Waals surface area contributed by atoms with Gasteiger partial charge in [0, 0.05) is 27.7 Å². The first-order valence-corrected chi connectivity index (χ1v) is 12.3. The molecular formula is C25H28BrClFNO2. The summed E-state index contributed by atoms with van der Waals surface area (Å²) in [5.41, 5.74) is 2.05. The van der Waals surface area contributed by atoms with Crippen LogP contribution in [0.4, 0.5) is 4.39 Å². The van der Waals surface area contributed by atoms with Gasteiger partial charge in [0.25, 0.3) is 0 Å². The molecule has 6 heteroatoms. The van der Waals surface area contributed by atoms with Crippen molar-refractivity contribution in [3.8, 4) is 11.5 Å². The van der Waals surface area contributed by atoms with Gasteiger partial charge in [0.05, 0.1) is 12.1 Å². The van der Waals surface area contributed by atoms with E-state index in [0.29, 0.717) is 16.5 Å². The summed E-state index contributed by atoms with van der Waals surface area (Å²) in [5.74, 6) is 3.71. The van der Waals surface area contributed by atoms with Crippen LogP contribution in [0.15, 0.2) is 34.8 Å². The molecule has 0 aliphatic heterocycles. The monoisotopic (exact) mass is 507 g/mol. The minimum Gasteiger partial charge on any atom is -0.493 e. The molecule has 0 spiro atoms. The molecule has 4 aliphatic rings. The number of methoxy groups -OCH3 is 1. The quantitative estimate of drug-likeness (QED) is 0.442. The van der Waals surface area contributed by atoms with E-state index in [1.54, 1.807) is 13.2 Å². The highest BCUT2D eigenvalue weighted by atomic mass is 79.9. The number of benzene rings is 2. The van der Waals surface area contributed by atoms with E-state index in [0.717, 1.165) is 39.9 Å². The molecule has 4 fully saturated rings. The second-order valence-corrected chi connectivity index (χ2v) is 10.9. The fraction of sp³-hybridized carbons (Fsp3) is 0.520. The molecule has 2 aromatic carbocycles. The summed E-state index contributed by atoms with van der Waals surface area (Å²) in [6, 6.07) is 8.29. The predicted octanol–water partition coefficient (Wildman–Crippen LogP) is 6.89. The second-order valence-electron chi connectivity index (χ2n) is 9.63. The molecular weight excluding hydrogens is 481 g/mol. The first-order chi connectivity index (χ1) is 14.9. The van der Waals surface area contributed by atoms with Crippen molar-refractivity contribution < 1.29 is 13.9 Å². The van der Waals surface area contributed by atoms with Crippen molar-refractivity contribution >= 4 is 27.5 Å². The number of ether oxygens (including phenoxy) is 2. The average Bonchev–Trinajstić information content (AvgIpc) is 2.71. The zero-order valence-corrected chi connectivity index (χ0v) is 20.1. The Kier molecular flexibility index (Phi) is 5.95. The van der Waals surface area contributed by atoms with Gasteiger partial charge < -0.3 is 14.8 Å². The first kappa shape index (κ1) is 21.5. The maximum absolute atomic E-state index is 13.4. The maximum Gasteiger partial charge on any atom is 0.167 e. The molecule has 0 unspecified atom stereocenters. The van der Waals surface area contributed by atoms with Gasteiger partial charge in [-0.3, -0.25) is 0 Å². The maximum atomic E-state index is 13.4. The van der Waals surface area contributed by atoms with Gasteiger partial charge in [0.2, 0.25) is 0 Å². The lowest BCUT2D eigenvalue weighted by atomic mass is 9.53. The van der Waals surface area contributed by atoms with Gasteiger partial charge in [-0.1, -0.05) is 33.6 Å². The lowest BCUT2D eigenvalue weighted by molar-refractivity contribution is -0.0207. The smallest absolute Gasteiger partial charge is 0.167 e. The lowest BCUT2D eigenvalue weighted by Crippen LogP contribution is -2.58. The minimum absolute atomic E-state index is 0.246. The van der Waals surface area contributed by atoms with E-state index in [9.17, 15) is 4.39 Å². The van der Waals surface area contributed by atoms with Crippen LogP contribution in [0, 0.1) is 23.6 Å². The van der Waals surface area contributed by atoms with Gasteiger partial charge in [-0.15, -0.1) is 0 Å². The third-order valence-corrected chi connectivity index (χ3v) is 8.55. The standard InChI is InChI=1S/C25H28BrClFNO2/c1-30-23-5-4-21(26)20(24(23)31-14-18-2-3-19(28)9-22(18)27)13-29-25-10-15-6-16(11-25)8-17(7-15)12-25/h2-5,9,15-17,29H,6-8,10-14H2,1H3. The van der Waals surface area contributed by atoms with Crippen molar-refractivity contribution in [2.24, 2.45) is 17.8 Å². The molecule has 31 heavy (non-hydrogen) atoms. The van der Waals surface area contributed by atoms with Crippen LogP contribution in [-0.2, 0) is 13.2 Å². The zero-order chi connectivity index (χ0) is 21.6. The number of rotatable bonds is 7. The molecule has 1 N–H and O–H groups in total. The first-order valence-electron chi connectivity index (χ1n) is 11.1. The van der Waals surface area contributed by atoms with E-state index >= 15 is 0 Å². The molecule has 0 saturated heterocycles. The van der Waals surface area contributed by atoms with Gasteiger partial charge >= 0.3 is 0 Å². The highest BCUT2D eigenvalue weighted by molar-refractivity contribution is 9.10. The van der Waals surface area contributed by atoms with E-state index in [4.69, 9.17) is 21.1 Å². The Labute approximate surface area is 196 Å². The zero-order valence-electron chi connectivity index (χ0n) is 17.7. The summed E-state index contributed by atoms with van der Waals surface area (Å²) in [6.45, 7) is 0.965. The van der Waals surface area contributed by atoms with Crippen molar-refractivity contribution in [1.82, 2.24) is 5.32 Å². The number of hydrogen-bond acceptors (Lipinski definition) is 3. The van der Waals surface area contributed by atoms with Crippen LogP contribution in [-0.4, -0.2) is 12.6 Å². The molecule has 166 valence electrons. The highest BCUT2D eigenvalue weighted by Crippen LogP contribution is 2.55. The molecule has 4 saturated carbocycles. The normalized spacial score (nSPS) is 28.7. The number of halogens is 3. The van der Waals surface area contributed by atoms with Gasteiger partial charge in [-0.05, 0) is 80.5 Å². The summed E-state index contributed by atoms with van der Waals surface area (Å²) in [6.07, 6.45) is 8.16. The van der Waals surface area contributed by atoms with Crippen molar-refractivity contribution in [3.63, 3.8) is 0 Å². The fourth-order valence-electron chi connectivity index (χ4n) is 6.46. The molecule has 2 aromatic rings. The SMILES string of the molecule is COc1ccc(Br)c(CNC23CC4CC(CC(C4)C2)C3)c1OCc1ccc(F)cc1Cl. The lowest BCUT2D eigenvalue weighted by Gasteiger charge is -2.57.